The first-order valence-electron chi connectivity index (χ1n) is 7.54. The summed E-state index contributed by atoms with van der Waals surface area (Å²) in [6, 6.07) is 6.04. The Morgan fingerprint density at radius 2 is 2.04 bits per heavy atom. The van der Waals surface area contributed by atoms with Gasteiger partial charge in [0.15, 0.2) is 0 Å². The highest BCUT2D eigenvalue weighted by atomic mass is 35.5. The number of nitrogens with zero attached hydrogens (tertiary/aromatic N) is 1. The van der Waals surface area contributed by atoms with E-state index in [1.165, 1.54) is 16.9 Å². The van der Waals surface area contributed by atoms with E-state index in [1.54, 1.807) is 7.11 Å². The third-order valence-corrected chi connectivity index (χ3v) is 5.18. The third kappa shape index (κ3) is 2.60. The lowest BCUT2D eigenvalue weighted by molar-refractivity contribution is 0.412. The summed E-state index contributed by atoms with van der Waals surface area (Å²) in [4.78, 5) is 11.4. The fourth-order valence-electron chi connectivity index (χ4n) is 2.89. The van der Waals surface area contributed by atoms with Crippen molar-refractivity contribution in [3.05, 3.63) is 60.1 Å². The van der Waals surface area contributed by atoms with Gasteiger partial charge in [-0.05, 0) is 43.7 Å². The van der Waals surface area contributed by atoms with Crippen molar-refractivity contribution in [3.63, 3.8) is 0 Å². The van der Waals surface area contributed by atoms with Crippen LogP contribution in [0.2, 0.25) is 4.34 Å². The Kier molecular flexibility index (Phi) is 3.62. The molecule has 1 aliphatic heterocycles. The number of H-pyrrole nitrogens is 2. The summed E-state index contributed by atoms with van der Waals surface area (Å²) < 4.78 is 7.23. The van der Waals surface area contributed by atoms with E-state index in [0.29, 0.717) is 0 Å². The van der Waals surface area contributed by atoms with Gasteiger partial charge in [-0.25, -0.2) is 4.99 Å². The number of aromatic nitrogens is 2. The number of thiophene rings is 1. The topological polar surface area (TPSA) is 53.2 Å². The molecule has 4 nitrogen and oxygen atoms in total. The number of nitrogens with one attached hydrogen (secondary N) is 2. The quantitative estimate of drug-likeness (QED) is 0.721. The number of fused-ring (bicyclic) bond motifs is 1. The van der Waals surface area contributed by atoms with Crippen LogP contribution in [0.25, 0.3) is 17.8 Å². The van der Waals surface area contributed by atoms with E-state index in [9.17, 15) is 0 Å². The van der Waals surface area contributed by atoms with Crippen molar-refractivity contribution in [1.29, 1.82) is 0 Å². The van der Waals surface area contributed by atoms with Crippen molar-refractivity contribution in [1.82, 2.24) is 9.97 Å². The van der Waals surface area contributed by atoms with Gasteiger partial charge in [-0.3, -0.25) is 0 Å². The fourth-order valence-corrected chi connectivity index (χ4v) is 3.98. The third-order valence-electron chi connectivity index (χ3n) is 4.01. The van der Waals surface area contributed by atoms with Crippen LogP contribution in [0.1, 0.15) is 17.0 Å². The van der Waals surface area contributed by atoms with E-state index >= 15 is 0 Å². The molecule has 4 rings (SSSR count). The Hall–Kier alpha value is -2.24. The van der Waals surface area contributed by atoms with Gasteiger partial charge in [-0.2, -0.15) is 0 Å². The molecule has 3 aromatic heterocycles. The summed E-state index contributed by atoms with van der Waals surface area (Å²) in [6.45, 7) is 4.13. The van der Waals surface area contributed by atoms with E-state index in [-0.39, 0.29) is 0 Å². The highest BCUT2D eigenvalue weighted by Gasteiger charge is 2.08. The molecule has 0 amide bonds. The molecule has 0 saturated carbocycles. The highest BCUT2D eigenvalue weighted by Crippen LogP contribution is 2.13. The fraction of sp³-hybridized carbons (Fsp3) is 0.167. The molecule has 122 valence electrons. The molecule has 2 N–H and O–H groups in total. The molecule has 0 saturated heterocycles. The van der Waals surface area contributed by atoms with Gasteiger partial charge in [0, 0.05) is 22.7 Å². The van der Waals surface area contributed by atoms with E-state index < -0.39 is 0 Å². The molecule has 0 bridgehead atoms. The Morgan fingerprint density at radius 1 is 1.21 bits per heavy atom. The monoisotopic (exact) mass is 357 g/mol. The molecular weight excluding hydrogens is 342 g/mol. The zero-order chi connectivity index (χ0) is 16.8. The van der Waals surface area contributed by atoms with Gasteiger partial charge < -0.3 is 14.7 Å². The lowest BCUT2D eigenvalue weighted by Gasteiger charge is -1.94. The number of methoxy groups -OCH3 is 1. The second-order valence-electron chi connectivity index (χ2n) is 5.81. The summed E-state index contributed by atoms with van der Waals surface area (Å²) in [5.41, 5.74) is 4.30. The van der Waals surface area contributed by atoms with Crippen molar-refractivity contribution < 1.29 is 4.74 Å². The largest absolute Gasteiger partial charge is 0.494 e. The van der Waals surface area contributed by atoms with Crippen LogP contribution in [-0.4, -0.2) is 17.1 Å². The number of aromatic amines is 2. The van der Waals surface area contributed by atoms with Crippen molar-refractivity contribution in [3.8, 4) is 5.75 Å². The number of ether oxygens (including phenoxy) is 1. The normalized spacial score (nSPS) is 16.1. The first-order chi connectivity index (χ1) is 11.5. The molecule has 0 radical (unpaired) electrons. The molecule has 0 atom stereocenters. The molecule has 0 aromatic carbocycles. The first kappa shape index (κ1) is 15.3. The van der Waals surface area contributed by atoms with Crippen molar-refractivity contribution in [2.24, 2.45) is 4.99 Å². The predicted molar refractivity (Wildman–Crippen MR) is 98.4 cm³/mol. The molecule has 0 spiro atoms. The summed E-state index contributed by atoms with van der Waals surface area (Å²) >= 11 is 7.51. The van der Waals surface area contributed by atoms with Crippen LogP contribution >= 0.6 is 22.9 Å². The predicted octanol–water partition coefficient (Wildman–Crippen LogP) is 1.73. The minimum atomic E-state index is 0.759. The second-order valence-corrected chi connectivity index (χ2v) is 7.47. The molecule has 1 aliphatic rings. The van der Waals surface area contributed by atoms with Crippen molar-refractivity contribution in [2.75, 3.05) is 7.11 Å². The van der Waals surface area contributed by atoms with Crippen LogP contribution in [0.15, 0.2) is 23.2 Å². The van der Waals surface area contributed by atoms with Crippen LogP contribution in [0.4, 0.5) is 0 Å². The zero-order valence-corrected chi connectivity index (χ0v) is 15.1. The van der Waals surface area contributed by atoms with E-state index in [0.717, 1.165) is 47.8 Å². The van der Waals surface area contributed by atoms with Crippen molar-refractivity contribution >= 4 is 40.8 Å². The molecule has 0 unspecified atom stereocenters. The molecule has 0 aliphatic carbocycles. The molecule has 4 heterocycles. The average molecular weight is 358 g/mol. The summed E-state index contributed by atoms with van der Waals surface area (Å²) in [5.74, 6) is 0.793. The van der Waals surface area contributed by atoms with Gasteiger partial charge in [0.2, 0.25) is 0 Å². The number of hydrogen-bond acceptors (Lipinski definition) is 3. The van der Waals surface area contributed by atoms with Crippen LogP contribution in [0.5, 0.6) is 5.75 Å². The Bertz CT molecular complexity index is 1140. The molecular formula is C18H16ClN3OS. The second kappa shape index (κ2) is 5.69. The summed E-state index contributed by atoms with van der Waals surface area (Å²) in [7, 11) is 1.67. The maximum absolute atomic E-state index is 6.02. The molecule has 6 heteroatoms. The van der Waals surface area contributed by atoms with Gasteiger partial charge in [-0.1, -0.05) is 11.6 Å². The highest BCUT2D eigenvalue weighted by molar-refractivity contribution is 7.13. The lowest BCUT2D eigenvalue weighted by atomic mass is 10.2. The van der Waals surface area contributed by atoms with Crippen molar-refractivity contribution in [2.45, 2.75) is 13.8 Å². The van der Waals surface area contributed by atoms with Crippen LogP contribution in [0, 0.1) is 13.8 Å². The Balaban J connectivity index is 1.90. The molecule has 3 aromatic rings. The minimum Gasteiger partial charge on any atom is -0.494 e. The van der Waals surface area contributed by atoms with Crippen LogP contribution in [-0.2, 0) is 0 Å². The molecule has 0 fully saturated rings. The summed E-state index contributed by atoms with van der Waals surface area (Å²) in [6.07, 6.45) is 4.10. The standard InChI is InChI=1S/C18H16ClN3OS/c1-9-4-10(2)20-12(9)7-15-16(23-3)8-14(21-15)13-5-11-6-17(19)24-18(11)22-13/h4-8,20-21H,1-3H3/b14-13?,15-7-. The zero-order valence-electron chi connectivity index (χ0n) is 13.5. The van der Waals surface area contributed by atoms with Gasteiger partial charge in [0.25, 0.3) is 0 Å². The number of aryl methyl sites for hydroxylation is 2. The smallest absolute Gasteiger partial charge is 0.144 e. The average Bonchev–Trinajstić information content (AvgIpc) is 3.23. The van der Waals surface area contributed by atoms with Gasteiger partial charge in [0.1, 0.15) is 10.4 Å². The van der Waals surface area contributed by atoms with E-state index in [4.69, 9.17) is 16.3 Å². The summed E-state index contributed by atoms with van der Waals surface area (Å²) in [5, 5.41) is 2.91. The minimum absolute atomic E-state index is 0.759. The maximum Gasteiger partial charge on any atom is 0.144 e. The number of hydrogen-bond donors (Lipinski definition) is 2. The number of rotatable bonds is 2. The van der Waals surface area contributed by atoms with E-state index in [2.05, 4.69) is 34.0 Å². The lowest BCUT2D eigenvalue weighted by Crippen LogP contribution is -2.12. The van der Waals surface area contributed by atoms with Gasteiger partial charge in [-0.15, -0.1) is 11.3 Å². The molecule has 24 heavy (non-hydrogen) atoms. The van der Waals surface area contributed by atoms with Crippen LogP contribution in [0.3, 0.4) is 0 Å². The maximum atomic E-state index is 6.02. The SMILES string of the molecule is COc1cc(=C2C=c3cc(Cl)sc3=N2)[nH]/c1=C\c1[nH]c(C)cc1C. The van der Waals surface area contributed by atoms with Gasteiger partial charge >= 0.3 is 0 Å². The number of halogens is 1. The Labute approximate surface area is 147 Å². The Morgan fingerprint density at radius 3 is 2.71 bits per heavy atom. The van der Waals surface area contributed by atoms with Gasteiger partial charge in [0.05, 0.1) is 27.8 Å². The first-order valence-corrected chi connectivity index (χ1v) is 8.74. The van der Waals surface area contributed by atoms with Crippen LogP contribution < -0.4 is 25.3 Å². The van der Waals surface area contributed by atoms with E-state index in [1.807, 2.05) is 25.1 Å².